The van der Waals surface area contributed by atoms with Gasteiger partial charge in [-0.15, -0.1) is 0 Å². The van der Waals surface area contributed by atoms with Crippen LogP contribution in [0.1, 0.15) is 56.7 Å². The first-order valence-corrected chi connectivity index (χ1v) is 11.9. The average molecular weight is 456 g/mol. The lowest BCUT2D eigenvalue weighted by molar-refractivity contribution is 0.0493. The quantitative estimate of drug-likeness (QED) is 0.428. The Kier molecular flexibility index (Phi) is 6.78. The van der Waals surface area contributed by atoms with Crippen LogP contribution in [-0.2, 0) is 11.2 Å². The third-order valence-electron chi connectivity index (χ3n) is 6.19. The largest absolute Gasteiger partial charge is 0.457 e. The molecule has 34 heavy (non-hydrogen) atoms. The van der Waals surface area contributed by atoms with Gasteiger partial charge in [0.1, 0.15) is 17.1 Å². The molecule has 2 atom stereocenters. The molecular weight excluding hydrogens is 422 g/mol. The first-order chi connectivity index (χ1) is 16.2. The number of nitrogens with one attached hydrogen (secondary N) is 1. The lowest BCUT2D eigenvalue weighted by Gasteiger charge is -2.33. The fraction of sp³-hybridized carbons (Fsp3) is 0.300. The molecule has 4 nitrogen and oxygen atoms in total. The molecule has 1 N–H and O–H groups in total. The summed E-state index contributed by atoms with van der Waals surface area (Å²) in [5.74, 6) is 1.74. The molecule has 1 aliphatic carbocycles. The predicted octanol–water partition coefficient (Wildman–Crippen LogP) is 7.73. The summed E-state index contributed by atoms with van der Waals surface area (Å²) in [7, 11) is 0. The van der Waals surface area contributed by atoms with Gasteiger partial charge in [0.15, 0.2) is 0 Å². The minimum absolute atomic E-state index is 0.0199. The summed E-state index contributed by atoms with van der Waals surface area (Å²) in [5, 5.41) is 3.07. The standard InChI is InChI=1S/C30H33NO3/c1-6-21-10-9-11-23(18-21)25-12-7-8-13-28(25)33-24-16-14-22-15-17-27(20(2)26(22)19-24)31-29(32)34-30(3,4)5/h6-14,16,18-20,27H,1,15,17H2,2-5H3,(H,31,32). The molecule has 0 fully saturated rings. The second kappa shape index (κ2) is 9.76. The van der Waals surface area contributed by atoms with E-state index in [-0.39, 0.29) is 18.1 Å². The molecule has 4 heteroatoms. The molecule has 0 aromatic heterocycles. The summed E-state index contributed by atoms with van der Waals surface area (Å²) in [6.45, 7) is 11.7. The number of hydrogen-bond acceptors (Lipinski definition) is 3. The van der Waals surface area contributed by atoms with Crippen molar-refractivity contribution in [3.63, 3.8) is 0 Å². The lowest BCUT2D eigenvalue weighted by Crippen LogP contribution is -2.43. The third-order valence-corrected chi connectivity index (χ3v) is 6.19. The summed E-state index contributed by atoms with van der Waals surface area (Å²) >= 11 is 0. The molecule has 1 amide bonds. The third kappa shape index (κ3) is 5.51. The second-order valence-corrected chi connectivity index (χ2v) is 9.87. The molecule has 0 saturated carbocycles. The topological polar surface area (TPSA) is 47.6 Å². The van der Waals surface area contributed by atoms with Gasteiger partial charge in [0, 0.05) is 17.5 Å². The lowest BCUT2D eigenvalue weighted by atomic mass is 9.80. The zero-order valence-electron chi connectivity index (χ0n) is 20.4. The Morgan fingerprint density at radius 3 is 2.62 bits per heavy atom. The first-order valence-electron chi connectivity index (χ1n) is 11.9. The number of carbonyl (C=O) groups is 1. The van der Waals surface area contributed by atoms with Crippen molar-refractivity contribution in [3.05, 3.63) is 90.0 Å². The molecule has 0 saturated heterocycles. The van der Waals surface area contributed by atoms with Crippen molar-refractivity contribution >= 4 is 12.2 Å². The fourth-order valence-corrected chi connectivity index (χ4v) is 4.48. The van der Waals surface area contributed by atoms with Gasteiger partial charge in [-0.1, -0.05) is 62.0 Å². The SMILES string of the molecule is C=Cc1cccc(-c2ccccc2Oc2ccc3c(c2)C(C)C(NC(=O)OC(C)(C)C)CC3)c1. The van der Waals surface area contributed by atoms with Gasteiger partial charge in [-0.2, -0.15) is 0 Å². The minimum atomic E-state index is -0.514. The number of rotatable bonds is 5. The Hall–Kier alpha value is -3.53. The van der Waals surface area contributed by atoms with E-state index in [9.17, 15) is 4.79 Å². The predicted molar refractivity (Wildman–Crippen MR) is 138 cm³/mol. The van der Waals surface area contributed by atoms with Crippen molar-refractivity contribution in [2.24, 2.45) is 0 Å². The highest BCUT2D eigenvalue weighted by Gasteiger charge is 2.29. The number of ether oxygens (including phenoxy) is 2. The van der Waals surface area contributed by atoms with Gasteiger partial charge in [0.25, 0.3) is 0 Å². The smallest absolute Gasteiger partial charge is 0.407 e. The molecule has 0 radical (unpaired) electrons. The van der Waals surface area contributed by atoms with Crippen LogP contribution in [-0.4, -0.2) is 17.7 Å². The number of fused-ring (bicyclic) bond motifs is 1. The van der Waals surface area contributed by atoms with Crippen LogP contribution in [0.25, 0.3) is 17.2 Å². The number of carbonyl (C=O) groups excluding carboxylic acids is 1. The summed E-state index contributed by atoms with van der Waals surface area (Å²) in [4.78, 5) is 12.3. The number of amides is 1. The number of para-hydroxylation sites is 1. The molecule has 3 aromatic rings. The van der Waals surface area contributed by atoms with Crippen molar-refractivity contribution in [2.45, 2.75) is 58.1 Å². The van der Waals surface area contributed by atoms with E-state index >= 15 is 0 Å². The molecule has 0 spiro atoms. The highest BCUT2D eigenvalue weighted by Crippen LogP contribution is 2.38. The van der Waals surface area contributed by atoms with Crippen LogP contribution in [0.3, 0.4) is 0 Å². The average Bonchev–Trinajstić information content (AvgIpc) is 2.80. The zero-order valence-corrected chi connectivity index (χ0v) is 20.4. The van der Waals surface area contributed by atoms with Gasteiger partial charge in [-0.3, -0.25) is 0 Å². The van der Waals surface area contributed by atoms with E-state index in [2.05, 4.69) is 49.2 Å². The molecule has 0 bridgehead atoms. The molecule has 0 heterocycles. The van der Waals surface area contributed by atoms with Crippen LogP contribution in [0.2, 0.25) is 0 Å². The van der Waals surface area contributed by atoms with Crippen LogP contribution >= 0.6 is 0 Å². The van der Waals surface area contributed by atoms with Crippen molar-refractivity contribution in [1.29, 1.82) is 0 Å². The van der Waals surface area contributed by atoms with E-state index in [1.807, 2.05) is 63.2 Å². The minimum Gasteiger partial charge on any atom is -0.457 e. The van der Waals surface area contributed by atoms with E-state index in [1.165, 1.54) is 11.1 Å². The van der Waals surface area contributed by atoms with E-state index < -0.39 is 5.60 Å². The molecule has 2 unspecified atom stereocenters. The molecule has 0 aliphatic heterocycles. The van der Waals surface area contributed by atoms with Gasteiger partial charge in [0.05, 0.1) is 0 Å². The van der Waals surface area contributed by atoms with Crippen LogP contribution in [0, 0.1) is 0 Å². The van der Waals surface area contributed by atoms with Crippen molar-refractivity contribution in [2.75, 3.05) is 0 Å². The van der Waals surface area contributed by atoms with Gasteiger partial charge < -0.3 is 14.8 Å². The fourth-order valence-electron chi connectivity index (χ4n) is 4.48. The monoisotopic (exact) mass is 455 g/mol. The van der Waals surface area contributed by atoms with Gasteiger partial charge in [-0.25, -0.2) is 4.79 Å². The molecule has 4 rings (SSSR count). The summed E-state index contributed by atoms with van der Waals surface area (Å²) in [6.07, 6.45) is 3.27. The van der Waals surface area contributed by atoms with E-state index in [1.54, 1.807) is 0 Å². The highest BCUT2D eigenvalue weighted by atomic mass is 16.6. The number of hydrogen-bond donors (Lipinski definition) is 1. The summed E-state index contributed by atoms with van der Waals surface area (Å²) in [5.41, 5.74) is 5.17. The Morgan fingerprint density at radius 2 is 1.85 bits per heavy atom. The summed E-state index contributed by atoms with van der Waals surface area (Å²) < 4.78 is 11.9. The van der Waals surface area contributed by atoms with Crippen LogP contribution in [0.5, 0.6) is 11.5 Å². The van der Waals surface area contributed by atoms with Crippen LogP contribution in [0.15, 0.2) is 73.3 Å². The zero-order chi connectivity index (χ0) is 24.3. The van der Waals surface area contributed by atoms with E-state index in [0.29, 0.717) is 0 Å². The maximum atomic E-state index is 12.3. The van der Waals surface area contributed by atoms with Crippen molar-refractivity contribution in [1.82, 2.24) is 5.32 Å². The molecule has 1 aliphatic rings. The Bertz CT molecular complexity index is 1190. The maximum absolute atomic E-state index is 12.3. The summed E-state index contributed by atoms with van der Waals surface area (Å²) in [6, 6.07) is 22.6. The molecule has 3 aromatic carbocycles. The number of aryl methyl sites for hydroxylation is 1. The van der Waals surface area contributed by atoms with E-state index in [4.69, 9.17) is 9.47 Å². The van der Waals surface area contributed by atoms with Crippen LogP contribution < -0.4 is 10.1 Å². The highest BCUT2D eigenvalue weighted by molar-refractivity contribution is 5.73. The van der Waals surface area contributed by atoms with Crippen molar-refractivity contribution in [3.8, 4) is 22.6 Å². The van der Waals surface area contributed by atoms with Gasteiger partial charge in [-0.05, 0) is 80.1 Å². The molecule has 176 valence electrons. The van der Waals surface area contributed by atoms with Gasteiger partial charge >= 0.3 is 6.09 Å². The Balaban J connectivity index is 1.56. The normalized spacial score (nSPS) is 17.4. The molecular formula is C30H33NO3. The van der Waals surface area contributed by atoms with E-state index in [0.717, 1.165) is 41.0 Å². The first kappa shape index (κ1) is 23.6. The number of benzene rings is 3. The van der Waals surface area contributed by atoms with Crippen molar-refractivity contribution < 1.29 is 14.3 Å². The second-order valence-electron chi connectivity index (χ2n) is 9.87. The van der Waals surface area contributed by atoms with Crippen LogP contribution in [0.4, 0.5) is 4.79 Å². The Morgan fingerprint density at radius 1 is 1.06 bits per heavy atom. The Labute approximate surface area is 202 Å². The maximum Gasteiger partial charge on any atom is 0.407 e. The number of alkyl carbamates (subject to hydrolysis) is 1. The van der Waals surface area contributed by atoms with Gasteiger partial charge in [0.2, 0.25) is 0 Å².